The summed E-state index contributed by atoms with van der Waals surface area (Å²) in [6.45, 7) is 0. The van der Waals surface area contributed by atoms with E-state index in [1.54, 1.807) is 53.3 Å². The normalized spacial score (nSPS) is 11.1. The molecular formula is C32H23N9O5. The van der Waals surface area contributed by atoms with Gasteiger partial charge in [-0.25, -0.2) is 24.3 Å². The number of nitrogens with zero attached hydrogens (tertiary/aromatic N) is 6. The summed E-state index contributed by atoms with van der Waals surface area (Å²) < 4.78 is 14.9. The number of amides is 1. The third-order valence-corrected chi connectivity index (χ3v) is 7.02. The highest BCUT2D eigenvalue weighted by molar-refractivity contribution is 6.04. The summed E-state index contributed by atoms with van der Waals surface area (Å²) in [4.78, 5) is 53.6. The third kappa shape index (κ3) is 5.15. The van der Waals surface area contributed by atoms with Crippen LogP contribution in [0.3, 0.4) is 0 Å². The van der Waals surface area contributed by atoms with Gasteiger partial charge in [-0.1, -0.05) is 18.2 Å². The van der Waals surface area contributed by atoms with Gasteiger partial charge in [0.15, 0.2) is 0 Å². The molecule has 0 spiro atoms. The maximum absolute atomic E-state index is 13.0. The number of hydrogen-bond acceptors (Lipinski definition) is 10. The highest BCUT2D eigenvalue weighted by atomic mass is 16.5. The lowest BCUT2D eigenvalue weighted by Gasteiger charge is -2.10. The summed E-state index contributed by atoms with van der Waals surface area (Å²) in [6.07, 6.45) is 7.37. The van der Waals surface area contributed by atoms with Crippen LogP contribution in [0.1, 0.15) is 10.4 Å². The number of furan rings is 1. The summed E-state index contributed by atoms with van der Waals surface area (Å²) in [5.41, 5.74) is 7.77. The molecule has 4 N–H and O–H groups in total. The van der Waals surface area contributed by atoms with Crippen molar-refractivity contribution < 1.29 is 13.9 Å². The molecule has 7 aromatic rings. The van der Waals surface area contributed by atoms with Crippen LogP contribution in [0.2, 0.25) is 0 Å². The van der Waals surface area contributed by atoms with Crippen molar-refractivity contribution >= 4 is 28.4 Å². The van der Waals surface area contributed by atoms with E-state index in [0.717, 1.165) is 21.9 Å². The van der Waals surface area contributed by atoms with E-state index in [1.165, 1.54) is 18.6 Å². The standard InChI is InChI=1S/C32H23N9O5/c1-40-16-19(14-38-40)27-25(18-5-4-6-20(33)13-18)26-29(36-17-37-30(26)46-27)45-22-10-8-21(9-11-22)39-28(42)23-15-35-32(44)41(31(23)43)24-7-2-3-12-34-24/h2-17H,33H2,1H3,(H,35,44)(H,39,42). The zero-order valence-corrected chi connectivity index (χ0v) is 24.0. The third-order valence-electron chi connectivity index (χ3n) is 7.02. The monoisotopic (exact) mass is 613 g/mol. The van der Waals surface area contributed by atoms with E-state index < -0.39 is 17.2 Å². The van der Waals surface area contributed by atoms with Gasteiger partial charge in [-0.3, -0.25) is 14.3 Å². The molecule has 226 valence electrons. The molecule has 0 fully saturated rings. The van der Waals surface area contributed by atoms with Crippen LogP contribution in [0.15, 0.2) is 112 Å². The lowest BCUT2D eigenvalue weighted by Crippen LogP contribution is -2.38. The van der Waals surface area contributed by atoms with Gasteiger partial charge in [0.25, 0.3) is 11.5 Å². The van der Waals surface area contributed by atoms with Crippen LogP contribution in [0, 0.1) is 0 Å². The van der Waals surface area contributed by atoms with Crippen LogP contribution in [-0.4, -0.2) is 40.2 Å². The number of nitrogen functional groups attached to an aromatic ring is 1. The molecule has 0 saturated carbocycles. The van der Waals surface area contributed by atoms with E-state index in [1.807, 2.05) is 31.4 Å². The topological polar surface area (TPSA) is 189 Å². The van der Waals surface area contributed by atoms with Crippen LogP contribution in [0.5, 0.6) is 11.6 Å². The molecule has 46 heavy (non-hydrogen) atoms. The van der Waals surface area contributed by atoms with Crippen molar-refractivity contribution in [1.29, 1.82) is 0 Å². The summed E-state index contributed by atoms with van der Waals surface area (Å²) in [7, 11) is 1.81. The first kappa shape index (κ1) is 28.0. The number of rotatable bonds is 7. The number of nitrogens with one attached hydrogen (secondary N) is 2. The van der Waals surface area contributed by atoms with Crippen molar-refractivity contribution in [2.24, 2.45) is 7.05 Å². The Hall–Kier alpha value is -6.83. The molecule has 14 heteroatoms. The zero-order chi connectivity index (χ0) is 31.8. The minimum absolute atomic E-state index is 0.0906. The number of ether oxygens (including phenoxy) is 1. The van der Waals surface area contributed by atoms with Gasteiger partial charge in [0.05, 0.1) is 11.8 Å². The van der Waals surface area contributed by atoms with Crippen molar-refractivity contribution in [3.8, 4) is 39.9 Å². The quantitative estimate of drug-likeness (QED) is 0.220. The molecule has 7 rings (SSSR count). The molecule has 0 saturated heterocycles. The second kappa shape index (κ2) is 11.3. The number of carbonyl (C=O) groups excluding carboxylic acids is 1. The molecule has 0 bridgehead atoms. The number of H-pyrrole nitrogens is 1. The number of pyridine rings is 1. The van der Waals surface area contributed by atoms with Gasteiger partial charge in [-0.15, -0.1) is 0 Å². The number of benzene rings is 2. The largest absolute Gasteiger partial charge is 0.438 e. The predicted molar refractivity (Wildman–Crippen MR) is 169 cm³/mol. The van der Waals surface area contributed by atoms with Gasteiger partial charge in [0.1, 0.15) is 34.6 Å². The molecule has 0 atom stereocenters. The molecule has 0 radical (unpaired) electrons. The summed E-state index contributed by atoms with van der Waals surface area (Å²) in [5, 5.41) is 7.48. The Morgan fingerprint density at radius 2 is 1.85 bits per heavy atom. The molecule has 14 nitrogen and oxygen atoms in total. The number of aryl methyl sites for hydroxylation is 1. The van der Waals surface area contributed by atoms with Crippen molar-refractivity contribution in [1.82, 2.24) is 34.3 Å². The van der Waals surface area contributed by atoms with E-state index in [4.69, 9.17) is 14.9 Å². The maximum Gasteiger partial charge on any atom is 0.334 e. The van der Waals surface area contributed by atoms with Crippen molar-refractivity contribution in [2.45, 2.75) is 0 Å². The number of carbonyl (C=O) groups is 1. The fraction of sp³-hybridized carbons (Fsp3) is 0.0312. The first-order valence-corrected chi connectivity index (χ1v) is 13.8. The first-order chi connectivity index (χ1) is 22.4. The maximum atomic E-state index is 13.0. The number of fused-ring (bicyclic) bond motifs is 1. The molecular weight excluding hydrogens is 590 g/mol. The number of aromatic amines is 1. The number of anilines is 2. The Kier molecular flexibility index (Phi) is 6.90. The van der Waals surface area contributed by atoms with Gasteiger partial charge in [0, 0.05) is 42.6 Å². The van der Waals surface area contributed by atoms with Crippen LogP contribution < -0.4 is 27.0 Å². The van der Waals surface area contributed by atoms with Crippen molar-refractivity contribution in [2.75, 3.05) is 11.1 Å². The smallest absolute Gasteiger partial charge is 0.334 e. The van der Waals surface area contributed by atoms with Crippen LogP contribution in [-0.2, 0) is 7.05 Å². The number of hydrogen-bond donors (Lipinski definition) is 3. The van der Waals surface area contributed by atoms with Gasteiger partial charge in [-0.05, 0) is 54.1 Å². The fourth-order valence-corrected chi connectivity index (χ4v) is 4.94. The SMILES string of the molecule is Cn1cc(-c2oc3ncnc(Oc4ccc(NC(=O)c5c[nH]c(=O)n(-c6ccccn6)c5=O)cc4)c3c2-c2cccc(N)c2)cn1. The molecule has 5 heterocycles. The molecule has 0 unspecified atom stereocenters. The first-order valence-electron chi connectivity index (χ1n) is 13.8. The Morgan fingerprint density at radius 3 is 2.59 bits per heavy atom. The van der Waals surface area contributed by atoms with E-state index in [9.17, 15) is 14.4 Å². The van der Waals surface area contributed by atoms with Gasteiger partial charge in [-0.2, -0.15) is 5.10 Å². The van der Waals surface area contributed by atoms with Crippen LogP contribution in [0.4, 0.5) is 11.4 Å². The Morgan fingerprint density at radius 1 is 1.00 bits per heavy atom. The van der Waals surface area contributed by atoms with Crippen molar-refractivity contribution in [3.05, 3.63) is 124 Å². The van der Waals surface area contributed by atoms with Crippen LogP contribution >= 0.6 is 0 Å². The van der Waals surface area contributed by atoms with E-state index in [2.05, 4.69) is 30.4 Å². The second-order valence-corrected chi connectivity index (χ2v) is 10.1. The average Bonchev–Trinajstić information content (AvgIpc) is 3.67. The predicted octanol–water partition coefficient (Wildman–Crippen LogP) is 4.15. The van der Waals surface area contributed by atoms with E-state index >= 15 is 0 Å². The Bertz CT molecular complexity index is 2360. The molecule has 0 aliphatic heterocycles. The molecule has 2 aromatic carbocycles. The molecule has 0 aliphatic rings. The number of nitrogens with two attached hydrogens (primary N) is 1. The second-order valence-electron chi connectivity index (χ2n) is 10.1. The minimum atomic E-state index is -0.811. The highest BCUT2D eigenvalue weighted by Gasteiger charge is 2.24. The zero-order valence-electron chi connectivity index (χ0n) is 24.0. The lowest BCUT2D eigenvalue weighted by atomic mass is 10.0. The molecule has 5 aromatic heterocycles. The van der Waals surface area contributed by atoms with Gasteiger partial charge >= 0.3 is 5.69 Å². The lowest BCUT2D eigenvalue weighted by molar-refractivity contribution is 0.102. The number of aromatic nitrogens is 7. The van der Waals surface area contributed by atoms with Crippen LogP contribution in [0.25, 0.3) is 39.4 Å². The van der Waals surface area contributed by atoms with Gasteiger partial charge in [0.2, 0.25) is 11.6 Å². The minimum Gasteiger partial charge on any atom is -0.438 e. The average molecular weight is 614 g/mol. The molecule has 0 aliphatic carbocycles. The Balaban J connectivity index is 1.19. The summed E-state index contributed by atoms with van der Waals surface area (Å²) in [6, 6.07) is 18.6. The van der Waals surface area contributed by atoms with Crippen molar-refractivity contribution in [3.63, 3.8) is 0 Å². The fourth-order valence-electron chi connectivity index (χ4n) is 4.94. The van der Waals surface area contributed by atoms with E-state index in [0.29, 0.717) is 39.5 Å². The summed E-state index contributed by atoms with van der Waals surface area (Å²) in [5.74, 6) is 0.545. The Labute approximate surface area is 258 Å². The highest BCUT2D eigenvalue weighted by Crippen LogP contribution is 2.44. The van der Waals surface area contributed by atoms with Gasteiger partial charge < -0.3 is 25.2 Å². The summed E-state index contributed by atoms with van der Waals surface area (Å²) >= 11 is 0. The molecule has 1 amide bonds. The van der Waals surface area contributed by atoms with E-state index in [-0.39, 0.29) is 17.3 Å².